The molecule has 0 saturated carbocycles. The van der Waals surface area contributed by atoms with Gasteiger partial charge in [-0.1, -0.05) is 6.08 Å². The van der Waals surface area contributed by atoms with Crippen molar-refractivity contribution >= 4 is 23.9 Å². The first kappa shape index (κ1) is 21.6. The van der Waals surface area contributed by atoms with E-state index in [4.69, 9.17) is 14.3 Å². The van der Waals surface area contributed by atoms with Gasteiger partial charge in [-0.2, -0.15) is 0 Å². The summed E-state index contributed by atoms with van der Waals surface area (Å²) in [5, 5.41) is 9.45. The molecule has 1 aromatic carbocycles. The number of hydrogen-bond donors (Lipinski definition) is 2. The Labute approximate surface area is 171 Å². The third-order valence-electron chi connectivity index (χ3n) is 4.68. The van der Waals surface area contributed by atoms with E-state index in [2.05, 4.69) is 5.48 Å². The number of rotatable bonds is 8. The summed E-state index contributed by atoms with van der Waals surface area (Å²) >= 11 is 0. The minimum Gasteiger partial charge on any atom is -0.480 e. The third-order valence-corrected chi connectivity index (χ3v) is 4.68. The lowest BCUT2D eigenvalue weighted by Gasteiger charge is -2.23. The average Bonchev–Trinajstić information content (AvgIpc) is 3.35. The van der Waals surface area contributed by atoms with Crippen LogP contribution in [0.2, 0.25) is 0 Å². The fraction of sp³-hybridized carbons (Fsp3) is 0.350. The maximum absolute atomic E-state index is 13.2. The van der Waals surface area contributed by atoms with Crippen LogP contribution in [-0.2, 0) is 28.7 Å². The number of ether oxygens (including phenoxy) is 2. The molecule has 2 fully saturated rings. The zero-order chi connectivity index (χ0) is 21.6. The molecule has 0 aliphatic carbocycles. The molecule has 2 N–H and O–H groups in total. The minimum absolute atomic E-state index is 0.00715. The SMILES string of the molecule is O=C/C=C/C=C(\ONCC(=O)N1CC2(CC1C(=O)O)OCCO2)c1ccc(F)cc1. The molecule has 1 atom stereocenters. The van der Waals surface area contributed by atoms with E-state index in [0.717, 1.165) is 0 Å². The molecule has 2 aliphatic heterocycles. The van der Waals surface area contributed by atoms with Crippen molar-refractivity contribution in [1.82, 2.24) is 10.4 Å². The van der Waals surface area contributed by atoms with E-state index in [9.17, 15) is 23.9 Å². The van der Waals surface area contributed by atoms with Crippen molar-refractivity contribution in [2.75, 3.05) is 26.3 Å². The van der Waals surface area contributed by atoms with Crippen molar-refractivity contribution < 1.29 is 38.2 Å². The van der Waals surface area contributed by atoms with Crippen molar-refractivity contribution in [3.63, 3.8) is 0 Å². The fourth-order valence-electron chi connectivity index (χ4n) is 3.30. The molecule has 1 unspecified atom stereocenters. The van der Waals surface area contributed by atoms with E-state index in [-0.39, 0.29) is 25.3 Å². The van der Waals surface area contributed by atoms with E-state index in [1.165, 1.54) is 47.4 Å². The zero-order valence-corrected chi connectivity index (χ0v) is 16.0. The zero-order valence-electron chi connectivity index (χ0n) is 16.0. The summed E-state index contributed by atoms with van der Waals surface area (Å²) in [4.78, 5) is 41.2. The van der Waals surface area contributed by atoms with Crippen LogP contribution in [0.3, 0.4) is 0 Å². The molecule has 1 amide bonds. The Balaban J connectivity index is 1.63. The molecule has 0 bridgehead atoms. The summed E-state index contributed by atoms with van der Waals surface area (Å²) < 4.78 is 24.2. The van der Waals surface area contributed by atoms with Crippen LogP contribution in [0.25, 0.3) is 5.76 Å². The first-order chi connectivity index (χ1) is 14.4. The Kier molecular flexibility index (Phi) is 6.93. The van der Waals surface area contributed by atoms with Gasteiger partial charge in [-0.05, 0) is 36.4 Å². The molecule has 160 valence electrons. The number of amides is 1. The van der Waals surface area contributed by atoms with Gasteiger partial charge in [0.05, 0.1) is 19.8 Å². The second-order valence-corrected chi connectivity index (χ2v) is 6.67. The molecule has 30 heavy (non-hydrogen) atoms. The second kappa shape index (κ2) is 9.61. The summed E-state index contributed by atoms with van der Waals surface area (Å²) in [6.07, 6.45) is 4.75. The highest BCUT2D eigenvalue weighted by atomic mass is 19.1. The molecule has 2 heterocycles. The molecular formula is C20H21FN2O7. The van der Waals surface area contributed by atoms with Crippen LogP contribution in [0.4, 0.5) is 4.39 Å². The number of carbonyl (C=O) groups is 3. The average molecular weight is 420 g/mol. The van der Waals surface area contributed by atoms with E-state index < -0.39 is 29.5 Å². The summed E-state index contributed by atoms with van der Waals surface area (Å²) in [5.74, 6) is -2.94. The van der Waals surface area contributed by atoms with Gasteiger partial charge in [0.25, 0.3) is 0 Å². The van der Waals surface area contributed by atoms with Crippen molar-refractivity contribution in [2.45, 2.75) is 18.2 Å². The number of nitrogens with one attached hydrogen (secondary N) is 1. The molecule has 10 heteroatoms. The first-order valence-corrected chi connectivity index (χ1v) is 9.22. The van der Waals surface area contributed by atoms with E-state index in [1.807, 2.05) is 0 Å². The number of aliphatic carboxylic acids is 1. The number of carboxylic acid groups (broad SMARTS) is 1. The highest BCUT2D eigenvalue weighted by Gasteiger charge is 2.52. The molecular weight excluding hydrogens is 399 g/mol. The molecule has 9 nitrogen and oxygen atoms in total. The number of allylic oxidation sites excluding steroid dienone is 3. The number of aldehydes is 1. The number of carboxylic acids is 1. The Morgan fingerprint density at radius 1 is 1.27 bits per heavy atom. The monoisotopic (exact) mass is 420 g/mol. The van der Waals surface area contributed by atoms with Crippen LogP contribution in [0.1, 0.15) is 12.0 Å². The molecule has 2 saturated heterocycles. The van der Waals surface area contributed by atoms with Gasteiger partial charge in [-0.25, -0.2) is 9.18 Å². The number of benzene rings is 1. The third kappa shape index (κ3) is 5.09. The van der Waals surface area contributed by atoms with Crippen LogP contribution < -0.4 is 5.48 Å². The Morgan fingerprint density at radius 2 is 1.97 bits per heavy atom. The lowest BCUT2D eigenvalue weighted by atomic mass is 10.1. The van der Waals surface area contributed by atoms with E-state index in [1.54, 1.807) is 0 Å². The maximum Gasteiger partial charge on any atom is 0.326 e. The number of nitrogens with zero attached hydrogens (tertiary/aromatic N) is 1. The molecule has 1 aromatic rings. The molecule has 3 rings (SSSR count). The standard InChI is InChI=1S/C20H21FN2O7/c21-15-6-4-14(5-7-15)17(3-1-2-8-24)30-22-12-18(25)23-13-20(28-9-10-29-20)11-16(23)19(26)27/h1-8,16,22H,9-13H2,(H,26,27)/b2-1+,17-3-. The fourth-order valence-corrected chi connectivity index (χ4v) is 3.30. The van der Waals surface area contributed by atoms with Gasteiger partial charge in [0.2, 0.25) is 5.91 Å². The summed E-state index contributed by atoms with van der Waals surface area (Å²) in [6, 6.07) is 4.35. The molecule has 0 radical (unpaired) electrons. The summed E-state index contributed by atoms with van der Waals surface area (Å²) in [6.45, 7) is 0.370. The van der Waals surface area contributed by atoms with Gasteiger partial charge in [0, 0.05) is 12.0 Å². The maximum atomic E-state index is 13.2. The second-order valence-electron chi connectivity index (χ2n) is 6.67. The number of likely N-dealkylation sites (tertiary alicyclic amines) is 1. The van der Waals surface area contributed by atoms with Gasteiger partial charge in [-0.3, -0.25) is 9.59 Å². The lowest BCUT2D eigenvalue weighted by Crippen LogP contribution is -2.45. The topological polar surface area (TPSA) is 114 Å². The van der Waals surface area contributed by atoms with Crippen molar-refractivity contribution in [2.24, 2.45) is 0 Å². The smallest absolute Gasteiger partial charge is 0.326 e. The Bertz CT molecular complexity index is 847. The minimum atomic E-state index is -1.15. The lowest BCUT2D eigenvalue weighted by molar-refractivity contribution is -0.152. The molecule has 0 aromatic heterocycles. The van der Waals surface area contributed by atoms with Crippen molar-refractivity contribution in [3.05, 3.63) is 53.9 Å². The van der Waals surface area contributed by atoms with Crippen LogP contribution in [0.5, 0.6) is 0 Å². The highest BCUT2D eigenvalue weighted by Crippen LogP contribution is 2.34. The number of hydrogen-bond acceptors (Lipinski definition) is 7. The normalized spacial score (nSPS) is 20.8. The summed E-state index contributed by atoms with van der Waals surface area (Å²) in [5.41, 5.74) is 2.99. The molecule has 2 aliphatic rings. The van der Waals surface area contributed by atoms with E-state index in [0.29, 0.717) is 25.1 Å². The summed E-state index contributed by atoms with van der Waals surface area (Å²) in [7, 11) is 0. The van der Waals surface area contributed by atoms with Gasteiger partial charge < -0.3 is 24.3 Å². The van der Waals surface area contributed by atoms with Gasteiger partial charge in [0.15, 0.2) is 11.5 Å². The van der Waals surface area contributed by atoms with Crippen LogP contribution in [-0.4, -0.2) is 66.3 Å². The Hall–Kier alpha value is -3.08. The predicted molar refractivity (Wildman–Crippen MR) is 101 cm³/mol. The van der Waals surface area contributed by atoms with Gasteiger partial charge in [0.1, 0.15) is 24.7 Å². The highest BCUT2D eigenvalue weighted by molar-refractivity contribution is 5.85. The largest absolute Gasteiger partial charge is 0.480 e. The van der Waals surface area contributed by atoms with Crippen molar-refractivity contribution in [1.29, 1.82) is 0 Å². The van der Waals surface area contributed by atoms with E-state index >= 15 is 0 Å². The van der Waals surface area contributed by atoms with Crippen LogP contribution >= 0.6 is 0 Å². The molecule has 1 spiro atoms. The number of hydroxylamine groups is 1. The van der Waals surface area contributed by atoms with Crippen LogP contribution in [0, 0.1) is 5.82 Å². The Morgan fingerprint density at radius 3 is 2.60 bits per heavy atom. The first-order valence-electron chi connectivity index (χ1n) is 9.22. The van der Waals surface area contributed by atoms with Gasteiger partial charge in [-0.15, -0.1) is 5.48 Å². The predicted octanol–water partition coefficient (Wildman–Crippen LogP) is 0.872. The van der Waals surface area contributed by atoms with Crippen LogP contribution in [0.15, 0.2) is 42.5 Å². The quantitative estimate of drug-likeness (QED) is 0.209. The van der Waals surface area contributed by atoms with Crippen molar-refractivity contribution in [3.8, 4) is 0 Å². The van der Waals surface area contributed by atoms with Gasteiger partial charge >= 0.3 is 5.97 Å². The number of carbonyl (C=O) groups excluding carboxylic acids is 2. The number of halogens is 1.